The molecule has 0 radical (unpaired) electrons. The number of esters is 2. The zero-order valence-electron chi connectivity index (χ0n) is 27.0. The lowest BCUT2D eigenvalue weighted by Gasteiger charge is -2.28. The van der Waals surface area contributed by atoms with Crippen LogP contribution in [0.5, 0.6) is 0 Å². The van der Waals surface area contributed by atoms with Crippen molar-refractivity contribution in [3.05, 3.63) is 108 Å². The average Bonchev–Trinajstić information content (AvgIpc) is 3.09. The quantitative estimate of drug-likeness (QED) is 0.0902. The molecule has 3 rings (SSSR count). The molecular formula is C39H51NO5. The fourth-order valence-electron chi connectivity index (χ4n) is 5.39. The molecule has 0 heterocycles. The monoisotopic (exact) mass is 613 g/mol. The van der Waals surface area contributed by atoms with Crippen LogP contribution in [0.4, 0.5) is 0 Å². The standard InChI is InChI=1S/C39H51NO5/c1-2-3-4-5-6-7-8-9-10-11-12-13-23-30-36(45-39(43)34-28-21-16-22-29-34)35(40-37(41)32-24-17-14-18-25-32)31-44-38(42)33-26-19-15-20-27-33/h14-22,24-29,35-36H,2-13,23,30-31H2,1H3,(H,40,41)/t35-,36+/m0/s1. The van der Waals surface area contributed by atoms with E-state index in [-0.39, 0.29) is 12.5 Å². The van der Waals surface area contributed by atoms with E-state index in [0.717, 1.165) is 19.3 Å². The summed E-state index contributed by atoms with van der Waals surface area (Å²) in [4.78, 5) is 39.2. The number of amides is 1. The van der Waals surface area contributed by atoms with Gasteiger partial charge in [0.05, 0.1) is 11.1 Å². The number of carbonyl (C=O) groups excluding carboxylic acids is 3. The third-order valence-electron chi connectivity index (χ3n) is 8.06. The summed E-state index contributed by atoms with van der Waals surface area (Å²) in [6.07, 6.45) is 15.9. The van der Waals surface area contributed by atoms with Crippen LogP contribution in [-0.4, -0.2) is 36.6 Å². The smallest absolute Gasteiger partial charge is 0.338 e. The van der Waals surface area contributed by atoms with E-state index in [1.54, 1.807) is 72.8 Å². The summed E-state index contributed by atoms with van der Waals surface area (Å²) in [6.45, 7) is 2.13. The minimum atomic E-state index is -0.727. The zero-order valence-corrected chi connectivity index (χ0v) is 27.0. The molecule has 242 valence electrons. The minimum Gasteiger partial charge on any atom is -0.460 e. The fourth-order valence-corrected chi connectivity index (χ4v) is 5.39. The molecule has 0 bridgehead atoms. The molecule has 0 aliphatic heterocycles. The van der Waals surface area contributed by atoms with Crippen molar-refractivity contribution in [3.63, 3.8) is 0 Å². The highest BCUT2D eigenvalue weighted by Crippen LogP contribution is 2.18. The molecular weight excluding hydrogens is 562 g/mol. The third kappa shape index (κ3) is 14.1. The Balaban J connectivity index is 1.60. The molecule has 3 aromatic carbocycles. The van der Waals surface area contributed by atoms with Gasteiger partial charge in [-0.05, 0) is 49.2 Å². The van der Waals surface area contributed by atoms with E-state index < -0.39 is 24.1 Å². The lowest BCUT2D eigenvalue weighted by molar-refractivity contribution is 0.00274. The molecule has 0 fully saturated rings. The Morgan fingerprint density at radius 2 is 0.978 bits per heavy atom. The molecule has 1 amide bonds. The van der Waals surface area contributed by atoms with Crippen LogP contribution in [0.2, 0.25) is 0 Å². The molecule has 6 heteroatoms. The third-order valence-corrected chi connectivity index (χ3v) is 8.06. The summed E-state index contributed by atoms with van der Waals surface area (Å²) in [6, 6.07) is 25.7. The van der Waals surface area contributed by atoms with Crippen molar-refractivity contribution in [2.24, 2.45) is 0 Å². The Bertz CT molecular complexity index is 1230. The van der Waals surface area contributed by atoms with Crippen molar-refractivity contribution in [2.45, 2.75) is 109 Å². The van der Waals surface area contributed by atoms with Gasteiger partial charge in [0.25, 0.3) is 5.91 Å². The first-order valence-electron chi connectivity index (χ1n) is 16.9. The van der Waals surface area contributed by atoms with Gasteiger partial charge in [-0.2, -0.15) is 0 Å². The van der Waals surface area contributed by atoms with Gasteiger partial charge in [0.15, 0.2) is 0 Å². The Morgan fingerprint density at radius 1 is 0.556 bits per heavy atom. The van der Waals surface area contributed by atoms with Crippen molar-refractivity contribution < 1.29 is 23.9 Å². The summed E-state index contributed by atoms with van der Waals surface area (Å²) in [5.74, 6) is -1.28. The van der Waals surface area contributed by atoms with Crippen molar-refractivity contribution in [3.8, 4) is 0 Å². The first-order valence-corrected chi connectivity index (χ1v) is 16.9. The molecule has 0 spiro atoms. The summed E-state index contributed by atoms with van der Waals surface area (Å²) >= 11 is 0. The van der Waals surface area contributed by atoms with Gasteiger partial charge in [0.1, 0.15) is 18.8 Å². The van der Waals surface area contributed by atoms with E-state index in [9.17, 15) is 14.4 Å². The van der Waals surface area contributed by atoms with Gasteiger partial charge in [0, 0.05) is 5.56 Å². The fraction of sp³-hybridized carbons (Fsp3) is 0.462. The highest BCUT2D eigenvalue weighted by molar-refractivity contribution is 5.94. The molecule has 0 aromatic heterocycles. The summed E-state index contributed by atoms with van der Waals surface area (Å²) < 4.78 is 11.7. The number of ether oxygens (including phenoxy) is 2. The summed E-state index contributed by atoms with van der Waals surface area (Å²) in [5, 5.41) is 3.00. The van der Waals surface area contributed by atoms with E-state index in [1.807, 2.05) is 18.2 Å². The topological polar surface area (TPSA) is 81.7 Å². The van der Waals surface area contributed by atoms with Crippen LogP contribution in [-0.2, 0) is 9.47 Å². The Hall–Kier alpha value is -3.93. The molecule has 2 atom stereocenters. The van der Waals surface area contributed by atoms with Crippen LogP contribution in [0.1, 0.15) is 128 Å². The van der Waals surface area contributed by atoms with E-state index in [1.165, 1.54) is 64.2 Å². The first-order chi connectivity index (χ1) is 22.1. The number of unbranched alkanes of at least 4 members (excludes halogenated alkanes) is 12. The van der Waals surface area contributed by atoms with E-state index in [2.05, 4.69) is 12.2 Å². The van der Waals surface area contributed by atoms with Crippen LogP contribution in [0, 0.1) is 0 Å². The Labute approximate surface area is 269 Å². The molecule has 0 aliphatic carbocycles. The second-order valence-corrected chi connectivity index (χ2v) is 11.8. The lowest BCUT2D eigenvalue weighted by Crippen LogP contribution is -2.48. The highest BCUT2D eigenvalue weighted by Gasteiger charge is 2.29. The molecule has 0 unspecified atom stereocenters. The van der Waals surface area contributed by atoms with Crippen LogP contribution < -0.4 is 5.32 Å². The Morgan fingerprint density at radius 3 is 1.47 bits per heavy atom. The van der Waals surface area contributed by atoms with Crippen LogP contribution in [0.3, 0.4) is 0 Å². The zero-order chi connectivity index (χ0) is 32.0. The van der Waals surface area contributed by atoms with E-state index in [4.69, 9.17) is 9.47 Å². The highest BCUT2D eigenvalue weighted by atomic mass is 16.6. The largest absolute Gasteiger partial charge is 0.460 e. The molecule has 45 heavy (non-hydrogen) atoms. The minimum absolute atomic E-state index is 0.127. The second kappa shape index (κ2) is 21.7. The van der Waals surface area contributed by atoms with Crippen molar-refractivity contribution in [1.82, 2.24) is 5.32 Å². The maximum absolute atomic E-state index is 13.2. The van der Waals surface area contributed by atoms with Crippen molar-refractivity contribution in [2.75, 3.05) is 6.61 Å². The maximum atomic E-state index is 13.2. The predicted octanol–water partition coefficient (Wildman–Crippen LogP) is 9.35. The molecule has 0 aliphatic rings. The SMILES string of the molecule is CCCCCCCCCCCCCCC[C@@H](OC(=O)c1ccccc1)[C@H](COC(=O)c1ccccc1)NC(=O)c1ccccc1. The first kappa shape index (κ1) is 35.5. The number of benzene rings is 3. The van der Waals surface area contributed by atoms with Gasteiger partial charge in [-0.3, -0.25) is 4.79 Å². The normalized spacial score (nSPS) is 12.2. The van der Waals surface area contributed by atoms with Gasteiger partial charge >= 0.3 is 11.9 Å². The summed E-state index contributed by atoms with van der Waals surface area (Å²) in [5.41, 5.74) is 1.33. The van der Waals surface area contributed by atoms with Gasteiger partial charge in [0.2, 0.25) is 0 Å². The van der Waals surface area contributed by atoms with E-state index in [0.29, 0.717) is 23.1 Å². The second-order valence-electron chi connectivity index (χ2n) is 11.8. The van der Waals surface area contributed by atoms with Gasteiger partial charge in [-0.15, -0.1) is 0 Å². The van der Waals surface area contributed by atoms with E-state index >= 15 is 0 Å². The number of hydrogen-bond acceptors (Lipinski definition) is 5. The summed E-state index contributed by atoms with van der Waals surface area (Å²) in [7, 11) is 0. The Kier molecular flexibility index (Phi) is 17.2. The molecule has 1 N–H and O–H groups in total. The number of carbonyl (C=O) groups is 3. The van der Waals surface area contributed by atoms with Crippen molar-refractivity contribution in [1.29, 1.82) is 0 Å². The van der Waals surface area contributed by atoms with Gasteiger partial charge < -0.3 is 14.8 Å². The lowest BCUT2D eigenvalue weighted by atomic mass is 10.0. The molecule has 3 aromatic rings. The molecule has 6 nitrogen and oxygen atoms in total. The maximum Gasteiger partial charge on any atom is 0.338 e. The predicted molar refractivity (Wildman–Crippen MR) is 180 cm³/mol. The van der Waals surface area contributed by atoms with Crippen LogP contribution >= 0.6 is 0 Å². The van der Waals surface area contributed by atoms with Gasteiger partial charge in [-0.1, -0.05) is 139 Å². The molecule has 0 saturated heterocycles. The van der Waals surface area contributed by atoms with Crippen LogP contribution in [0.25, 0.3) is 0 Å². The van der Waals surface area contributed by atoms with Gasteiger partial charge in [-0.25, -0.2) is 9.59 Å². The average molecular weight is 614 g/mol. The van der Waals surface area contributed by atoms with Crippen LogP contribution in [0.15, 0.2) is 91.0 Å². The molecule has 0 saturated carbocycles. The number of nitrogens with one attached hydrogen (secondary N) is 1. The van der Waals surface area contributed by atoms with Crippen molar-refractivity contribution >= 4 is 17.8 Å². The number of rotatable bonds is 22. The number of hydrogen-bond donors (Lipinski definition) is 1.